The number of nitrogens with one attached hydrogen (secondary N) is 2. The molecule has 2 aromatic heterocycles. The van der Waals surface area contributed by atoms with Gasteiger partial charge in [0.25, 0.3) is 11.5 Å². The van der Waals surface area contributed by atoms with Gasteiger partial charge in [-0.15, -0.1) is 11.3 Å². The van der Waals surface area contributed by atoms with Crippen LogP contribution < -0.4 is 16.6 Å². The smallest absolute Gasteiger partial charge is 0.251 e. The number of aromatic amines is 1. The number of hydrogen-bond acceptors (Lipinski definition) is 6. The lowest BCUT2D eigenvalue weighted by Crippen LogP contribution is -2.20. The fourth-order valence-electron chi connectivity index (χ4n) is 3.02. The number of anilines is 1. The topological polar surface area (TPSA) is 118 Å². The number of aryl methyl sites for hydroxylation is 1. The largest absolute Gasteiger partial charge is 0.365 e. The van der Waals surface area contributed by atoms with Crippen molar-refractivity contribution in [3.8, 4) is 0 Å². The van der Waals surface area contributed by atoms with Crippen LogP contribution in [0, 0.1) is 12.8 Å². The molecule has 0 fully saturated rings. The van der Waals surface area contributed by atoms with E-state index in [0.29, 0.717) is 27.3 Å². The summed E-state index contributed by atoms with van der Waals surface area (Å²) in [5, 5.41) is 3.71. The minimum atomic E-state index is -0.510. The molecule has 2 amide bonds. The maximum absolute atomic E-state index is 12.3. The Kier molecular flexibility index (Phi) is 5.47. The van der Waals surface area contributed by atoms with E-state index in [1.807, 2.05) is 0 Å². The van der Waals surface area contributed by atoms with Gasteiger partial charge >= 0.3 is 0 Å². The Hall–Kier alpha value is -2.13. The van der Waals surface area contributed by atoms with Gasteiger partial charge in [-0.1, -0.05) is 18.7 Å². The maximum Gasteiger partial charge on any atom is 0.251 e. The highest BCUT2D eigenvalue weighted by Crippen LogP contribution is 2.39. The fraction of sp³-hybridized carbons (Fsp3) is 0.412. The first-order chi connectivity index (χ1) is 12.3. The van der Waals surface area contributed by atoms with Gasteiger partial charge in [-0.25, -0.2) is 4.98 Å². The Balaban J connectivity index is 1.73. The number of amides is 2. The van der Waals surface area contributed by atoms with Crippen molar-refractivity contribution in [1.29, 1.82) is 0 Å². The summed E-state index contributed by atoms with van der Waals surface area (Å²) in [6.45, 7) is 3.90. The van der Waals surface area contributed by atoms with Gasteiger partial charge in [0.1, 0.15) is 5.00 Å². The number of primary amides is 1. The summed E-state index contributed by atoms with van der Waals surface area (Å²) in [4.78, 5) is 43.5. The molecule has 0 saturated carbocycles. The Morgan fingerprint density at radius 2 is 2.27 bits per heavy atom. The molecule has 1 aliphatic rings. The molecule has 0 bridgehead atoms. The highest BCUT2D eigenvalue weighted by molar-refractivity contribution is 7.99. The Bertz CT molecular complexity index is 919. The molecule has 0 radical (unpaired) electrons. The average Bonchev–Trinajstić information content (AvgIpc) is 2.89. The summed E-state index contributed by atoms with van der Waals surface area (Å²) < 4.78 is 0. The number of rotatable bonds is 5. The molecule has 9 heteroatoms. The van der Waals surface area contributed by atoms with E-state index in [1.54, 1.807) is 6.92 Å². The molecule has 0 aliphatic heterocycles. The number of nitrogens with two attached hydrogens (primary N) is 1. The van der Waals surface area contributed by atoms with Crippen molar-refractivity contribution >= 4 is 39.9 Å². The monoisotopic (exact) mass is 392 g/mol. The first kappa shape index (κ1) is 18.7. The predicted molar refractivity (Wildman–Crippen MR) is 103 cm³/mol. The number of thioether (sulfide) groups is 1. The summed E-state index contributed by atoms with van der Waals surface area (Å²) in [5.74, 6) is -0.146. The normalized spacial score (nSPS) is 16.2. The Morgan fingerprint density at radius 3 is 2.96 bits per heavy atom. The van der Waals surface area contributed by atoms with E-state index in [-0.39, 0.29) is 17.2 Å². The van der Waals surface area contributed by atoms with Crippen LogP contribution in [0.25, 0.3) is 0 Å². The summed E-state index contributed by atoms with van der Waals surface area (Å²) in [7, 11) is 0. The molecule has 1 unspecified atom stereocenters. The zero-order chi connectivity index (χ0) is 18.8. The average molecular weight is 393 g/mol. The number of carbonyl (C=O) groups is 2. The van der Waals surface area contributed by atoms with Gasteiger partial charge in [0.2, 0.25) is 5.91 Å². The first-order valence-electron chi connectivity index (χ1n) is 8.28. The second-order valence-electron chi connectivity index (χ2n) is 6.45. The van der Waals surface area contributed by atoms with Crippen LogP contribution in [0.3, 0.4) is 0 Å². The molecular weight excluding hydrogens is 372 g/mol. The third-order valence-electron chi connectivity index (χ3n) is 4.20. The van der Waals surface area contributed by atoms with Gasteiger partial charge in [0.05, 0.1) is 11.3 Å². The number of thiophene rings is 1. The van der Waals surface area contributed by atoms with Crippen LogP contribution in [0.1, 0.15) is 39.8 Å². The van der Waals surface area contributed by atoms with E-state index in [9.17, 15) is 14.4 Å². The number of fused-ring (bicyclic) bond motifs is 1. The highest BCUT2D eigenvalue weighted by Gasteiger charge is 2.27. The lowest BCUT2D eigenvalue weighted by Gasteiger charge is -2.18. The molecule has 0 spiro atoms. The lowest BCUT2D eigenvalue weighted by atomic mass is 9.88. The van der Waals surface area contributed by atoms with Crippen molar-refractivity contribution in [2.45, 2.75) is 38.3 Å². The van der Waals surface area contributed by atoms with Crippen LogP contribution in [0.15, 0.2) is 16.0 Å². The molecule has 138 valence electrons. The number of H-pyrrole nitrogens is 1. The fourth-order valence-corrected chi connectivity index (χ4v) is 5.17. The number of carbonyl (C=O) groups excluding carboxylic acids is 2. The summed E-state index contributed by atoms with van der Waals surface area (Å²) >= 11 is 2.57. The lowest BCUT2D eigenvalue weighted by molar-refractivity contribution is -0.113. The molecule has 2 aromatic rings. The predicted octanol–water partition coefficient (Wildman–Crippen LogP) is 2.09. The van der Waals surface area contributed by atoms with Crippen LogP contribution in [-0.4, -0.2) is 27.5 Å². The van der Waals surface area contributed by atoms with Crippen LogP contribution in [0.4, 0.5) is 5.00 Å². The third kappa shape index (κ3) is 4.16. The van der Waals surface area contributed by atoms with Gasteiger partial charge in [0.15, 0.2) is 5.16 Å². The van der Waals surface area contributed by atoms with Crippen molar-refractivity contribution in [2.24, 2.45) is 11.7 Å². The third-order valence-corrected chi connectivity index (χ3v) is 6.24. The van der Waals surface area contributed by atoms with Gasteiger partial charge in [0, 0.05) is 16.6 Å². The quantitative estimate of drug-likeness (QED) is 0.532. The zero-order valence-electron chi connectivity index (χ0n) is 14.5. The molecule has 0 aromatic carbocycles. The molecule has 3 rings (SSSR count). The standard InChI is InChI=1S/C17H20N4O3S2/c1-8-3-4-10-11(5-8)26-16(14(10)15(18)24)20-13(23)7-25-17-19-9(2)6-12(22)21-17/h6,8H,3-5,7H2,1-2H3,(H2,18,24)(H,20,23)(H,19,21,22). The van der Waals surface area contributed by atoms with Crippen LogP contribution >= 0.6 is 23.1 Å². The second kappa shape index (κ2) is 7.63. The summed E-state index contributed by atoms with van der Waals surface area (Å²) in [6.07, 6.45) is 2.73. The molecule has 0 saturated heterocycles. The highest BCUT2D eigenvalue weighted by atomic mass is 32.2. The van der Waals surface area contributed by atoms with E-state index in [2.05, 4.69) is 22.2 Å². The maximum atomic E-state index is 12.3. The molecule has 26 heavy (non-hydrogen) atoms. The van der Waals surface area contributed by atoms with Gasteiger partial charge in [-0.2, -0.15) is 0 Å². The number of hydrogen-bond donors (Lipinski definition) is 3. The van der Waals surface area contributed by atoms with Gasteiger partial charge in [-0.05, 0) is 37.7 Å². The zero-order valence-corrected chi connectivity index (χ0v) is 16.2. The minimum absolute atomic E-state index is 0.0730. The SMILES string of the molecule is Cc1cc(=O)[nH]c(SCC(=O)Nc2sc3c(c2C(N)=O)CCC(C)C3)n1. The van der Waals surface area contributed by atoms with Gasteiger partial charge in [-0.3, -0.25) is 14.4 Å². The van der Waals surface area contributed by atoms with E-state index >= 15 is 0 Å². The van der Waals surface area contributed by atoms with E-state index < -0.39 is 5.91 Å². The Labute approximate surface area is 158 Å². The summed E-state index contributed by atoms with van der Waals surface area (Å²) in [5.41, 5.74) is 7.31. The summed E-state index contributed by atoms with van der Waals surface area (Å²) in [6, 6.07) is 1.39. The van der Waals surface area contributed by atoms with Crippen molar-refractivity contribution in [2.75, 3.05) is 11.1 Å². The molecule has 2 heterocycles. The van der Waals surface area contributed by atoms with Crippen molar-refractivity contribution in [3.63, 3.8) is 0 Å². The number of aromatic nitrogens is 2. The molecule has 1 atom stereocenters. The van der Waals surface area contributed by atoms with Crippen molar-refractivity contribution in [3.05, 3.63) is 38.1 Å². The second-order valence-corrected chi connectivity index (χ2v) is 8.52. The molecule has 1 aliphatic carbocycles. The van der Waals surface area contributed by atoms with E-state index in [4.69, 9.17) is 5.73 Å². The van der Waals surface area contributed by atoms with Crippen LogP contribution in [-0.2, 0) is 17.6 Å². The molecular formula is C17H20N4O3S2. The van der Waals surface area contributed by atoms with Gasteiger partial charge < -0.3 is 16.0 Å². The molecule has 7 nitrogen and oxygen atoms in total. The molecule has 4 N–H and O–H groups in total. The number of nitrogens with zero attached hydrogens (tertiary/aromatic N) is 1. The van der Waals surface area contributed by atoms with Crippen molar-refractivity contribution < 1.29 is 9.59 Å². The van der Waals surface area contributed by atoms with Crippen molar-refractivity contribution in [1.82, 2.24) is 9.97 Å². The van der Waals surface area contributed by atoms with Crippen LogP contribution in [0.5, 0.6) is 0 Å². The van der Waals surface area contributed by atoms with E-state index in [1.165, 1.54) is 17.4 Å². The Morgan fingerprint density at radius 1 is 1.50 bits per heavy atom. The van der Waals surface area contributed by atoms with E-state index in [0.717, 1.165) is 41.5 Å². The minimum Gasteiger partial charge on any atom is -0.365 e. The first-order valence-corrected chi connectivity index (χ1v) is 10.1. The van der Waals surface area contributed by atoms with Crippen LogP contribution in [0.2, 0.25) is 0 Å².